The van der Waals surface area contributed by atoms with Crippen LogP contribution in [0.25, 0.3) is 0 Å². The molecule has 4 heterocycles. The lowest BCUT2D eigenvalue weighted by molar-refractivity contribution is 0.726. The van der Waals surface area contributed by atoms with Gasteiger partial charge in [-0.15, -0.1) is 0 Å². The molecule has 0 spiro atoms. The van der Waals surface area contributed by atoms with Gasteiger partial charge in [-0.05, 0) is 31.7 Å². The Morgan fingerprint density at radius 3 is 1.90 bits per heavy atom. The summed E-state index contributed by atoms with van der Waals surface area (Å²) < 4.78 is 0. The van der Waals surface area contributed by atoms with Crippen molar-refractivity contribution in [2.24, 2.45) is 5.10 Å². The molecular formula is C21H30N8. The summed E-state index contributed by atoms with van der Waals surface area (Å²) in [5.41, 5.74) is 3.93. The van der Waals surface area contributed by atoms with Gasteiger partial charge in [-0.25, -0.2) is 5.43 Å². The Kier molecular flexibility index (Phi) is 6.83. The normalized spacial score (nSPS) is 18.5. The average Bonchev–Trinajstić information content (AvgIpc) is 3.20. The van der Waals surface area contributed by atoms with E-state index in [4.69, 9.17) is 4.98 Å². The lowest BCUT2D eigenvalue weighted by Crippen LogP contribution is -2.30. The van der Waals surface area contributed by atoms with Crippen molar-refractivity contribution in [1.29, 1.82) is 0 Å². The molecule has 2 saturated heterocycles. The van der Waals surface area contributed by atoms with E-state index in [9.17, 15) is 0 Å². The predicted molar refractivity (Wildman–Crippen MR) is 117 cm³/mol. The van der Waals surface area contributed by atoms with Crippen molar-refractivity contribution >= 4 is 24.1 Å². The van der Waals surface area contributed by atoms with Crippen LogP contribution in [0.2, 0.25) is 0 Å². The predicted octanol–water partition coefficient (Wildman–Crippen LogP) is 3.47. The number of hydrogen-bond acceptors (Lipinski definition) is 8. The van der Waals surface area contributed by atoms with E-state index in [1.807, 2.05) is 12.1 Å². The van der Waals surface area contributed by atoms with Crippen molar-refractivity contribution < 1.29 is 0 Å². The van der Waals surface area contributed by atoms with Crippen molar-refractivity contribution in [2.75, 3.05) is 41.4 Å². The van der Waals surface area contributed by atoms with Gasteiger partial charge >= 0.3 is 0 Å². The molecular weight excluding hydrogens is 364 g/mol. The molecule has 29 heavy (non-hydrogen) atoms. The van der Waals surface area contributed by atoms with E-state index in [1.165, 1.54) is 51.4 Å². The van der Waals surface area contributed by atoms with Crippen LogP contribution in [0.15, 0.2) is 29.6 Å². The Balaban J connectivity index is 1.57. The van der Waals surface area contributed by atoms with Crippen LogP contribution in [0.1, 0.15) is 56.9 Å². The summed E-state index contributed by atoms with van der Waals surface area (Å²) in [6.45, 7) is 4.01. The lowest BCUT2D eigenvalue weighted by atomic mass is 10.2. The van der Waals surface area contributed by atoms with Gasteiger partial charge < -0.3 is 9.80 Å². The fourth-order valence-corrected chi connectivity index (χ4v) is 3.84. The standard InChI is InChI=1S/C21H30N8/c1-2-6-13-28(12-5-1)20-24-19(27-23-17-18-10-9-11-22-16-18)25-21(26-20)29-14-7-3-4-8-15-29/h9-11,16-17H,1-8,12-15H2,(H,24,25,26,27)/b23-17+. The maximum Gasteiger partial charge on any atom is 0.250 e. The Labute approximate surface area is 172 Å². The van der Waals surface area contributed by atoms with Gasteiger partial charge in [-0.2, -0.15) is 20.1 Å². The minimum Gasteiger partial charge on any atom is -0.341 e. The average molecular weight is 395 g/mol. The SMILES string of the molecule is C(=N\Nc1nc(N2CCCCCC2)nc(N2CCCCCC2)n1)/c1cccnc1. The van der Waals surface area contributed by atoms with Gasteiger partial charge in [-0.3, -0.25) is 4.98 Å². The second-order valence-electron chi connectivity index (χ2n) is 7.72. The van der Waals surface area contributed by atoms with Crippen LogP contribution in [0.5, 0.6) is 0 Å². The van der Waals surface area contributed by atoms with Crippen LogP contribution in [-0.4, -0.2) is 52.3 Å². The topological polar surface area (TPSA) is 82.4 Å². The van der Waals surface area contributed by atoms with E-state index in [2.05, 4.69) is 35.3 Å². The molecule has 0 aliphatic carbocycles. The summed E-state index contributed by atoms with van der Waals surface area (Å²) in [4.78, 5) is 22.9. The first-order chi connectivity index (χ1) is 14.4. The van der Waals surface area contributed by atoms with Crippen molar-refractivity contribution in [2.45, 2.75) is 51.4 Å². The van der Waals surface area contributed by atoms with Gasteiger partial charge in [-0.1, -0.05) is 31.7 Å². The summed E-state index contributed by atoms with van der Waals surface area (Å²) in [5.74, 6) is 2.03. The molecule has 2 aromatic heterocycles. The van der Waals surface area contributed by atoms with Crippen LogP contribution in [0, 0.1) is 0 Å². The highest BCUT2D eigenvalue weighted by Crippen LogP contribution is 2.22. The minimum atomic E-state index is 0.499. The van der Waals surface area contributed by atoms with Crippen molar-refractivity contribution in [3.63, 3.8) is 0 Å². The second kappa shape index (κ2) is 10.1. The molecule has 4 rings (SSSR count). The molecule has 8 nitrogen and oxygen atoms in total. The van der Waals surface area contributed by atoms with Gasteiger partial charge in [0.05, 0.1) is 6.21 Å². The molecule has 2 aliphatic rings. The molecule has 0 saturated carbocycles. The zero-order chi connectivity index (χ0) is 19.7. The Bertz CT molecular complexity index is 740. The van der Waals surface area contributed by atoms with Gasteiger partial charge in [0.2, 0.25) is 17.8 Å². The Morgan fingerprint density at radius 1 is 0.793 bits per heavy atom. The summed E-state index contributed by atoms with van der Waals surface area (Å²) >= 11 is 0. The highest BCUT2D eigenvalue weighted by atomic mass is 15.4. The van der Waals surface area contributed by atoms with Crippen LogP contribution in [0.4, 0.5) is 17.8 Å². The largest absolute Gasteiger partial charge is 0.341 e. The van der Waals surface area contributed by atoms with Crippen LogP contribution < -0.4 is 15.2 Å². The van der Waals surface area contributed by atoms with Crippen LogP contribution in [-0.2, 0) is 0 Å². The number of anilines is 3. The third-order valence-corrected chi connectivity index (χ3v) is 5.45. The highest BCUT2D eigenvalue weighted by Gasteiger charge is 2.19. The van der Waals surface area contributed by atoms with Crippen molar-refractivity contribution in [3.8, 4) is 0 Å². The van der Waals surface area contributed by atoms with Gasteiger partial charge in [0, 0.05) is 44.1 Å². The maximum atomic E-state index is 4.86. The number of hydrazone groups is 1. The third-order valence-electron chi connectivity index (χ3n) is 5.45. The highest BCUT2D eigenvalue weighted by molar-refractivity contribution is 5.79. The lowest BCUT2D eigenvalue weighted by Gasteiger charge is -2.24. The number of hydrogen-bond donors (Lipinski definition) is 1. The molecule has 0 unspecified atom stereocenters. The first-order valence-electron chi connectivity index (χ1n) is 10.8. The van der Waals surface area contributed by atoms with E-state index in [0.717, 1.165) is 43.6 Å². The zero-order valence-corrected chi connectivity index (χ0v) is 17.0. The quantitative estimate of drug-likeness (QED) is 0.614. The van der Waals surface area contributed by atoms with E-state index in [1.54, 1.807) is 18.6 Å². The molecule has 2 aromatic rings. The molecule has 154 valence electrons. The molecule has 0 aromatic carbocycles. The van der Waals surface area contributed by atoms with Gasteiger partial charge in [0.15, 0.2) is 0 Å². The first kappa shape index (κ1) is 19.5. The summed E-state index contributed by atoms with van der Waals surface area (Å²) in [5, 5.41) is 4.32. The first-order valence-corrected chi connectivity index (χ1v) is 10.8. The van der Waals surface area contributed by atoms with Gasteiger partial charge in [0.25, 0.3) is 0 Å². The summed E-state index contributed by atoms with van der Waals surface area (Å²) in [6, 6.07) is 3.84. The number of nitrogens with zero attached hydrogens (tertiary/aromatic N) is 7. The fourth-order valence-electron chi connectivity index (χ4n) is 3.84. The van der Waals surface area contributed by atoms with E-state index >= 15 is 0 Å². The van der Waals surface area contributed by atoms with Gasteiger partial charge in [0.1, 0.15) is 0 Å². The zero-order valence-electron chi connectivity index (χ0n) is 17.0. The Hall–Kier alpha value is -2.77. The van der Waals surface area contributed by atoms with Crippen molar-refractivity contribution in [3.05, 3.63) is 30.1 Å². The van der Waals surface area contributed by atoms with Crippen molar-refractivity contribution in [1.82, 2.24) is 19.9 Å². The number of rotatable bonds is 5. The monoisotopic (exact) mass is 394 g/mol. The van der Waals surface area contributed by atoms with E-state index < -0.39 is 0 Å². The molecule has 8 heteroatoms. The minimum absolute atomic E-state index is 0.499. The van der Waals surface area contributed by atoms with Crippen LogP contribution >= 0.6 is 0 Å². The van der Waals surface area contributed by atoms with E-state index in [-0.39, 0.29) is 0 Å². The molecule has 0 bridgehead atoms. The molecule has 1 N–H and O–H groups in total. The third kappa shape index (κ3) is 5.62. The number of pyridine rings is 1. The molecule has 0 atom stereocenters. The number of aromatic nitrogens is 4. The number of nitrogens with one attached hydrogen (secondary N) is 1. The molecule has 0 radical (unpaired) electrons. The molecule has 0 amide bonds. The molecule has 2 aliphatic heterocycles. The molecule has 2 fully saturated rings. The Morgan fingerprint density at radius 2 is 1.38 bits per heavy atom. The second-order valence-corrected chi connectivity index (χ2v) is 7.72. The fraction of sp³-hybridized carbons (Fsp3) is 0.571. The van der Waals surface area contributed by atoms with Crippen LogP contribution in [0.3, 0.4) is 0 Å². The maximum absolute atomic E-state index is 4.86. The van der Waals surface area contributed by atoms with E-state index in [0.29, 0.717) is 5.95 Å². The summed E-state index contributed by atoms with van der Waals surface area (Å²) in [6.07, 6.45) is 15.1. The smallest absolute Gasteiger partial charge is 0.250 e. The summed E-state index contributed by atoms with van der Waals surface area (Å²) in [7, 11) is 0.